The molecule has 3 N–H and O–H groups in total. The molecule has 16 nitrogen and oxygen atoms in total. The van der Waals surface area contributed by atoms with Gasteiger partial charge in [0, 0.05) is 61.4 Å². The van der Waals surface area contributed by atoms with Crippen molar-refractivity contribution in [2.45, 2.75) is 97.0 Å². The van der Waals surface area contributed by atoms with Crippen LogP contribution in [0.1, 0.15) is 87.1 Å². The van der Waals surface area contributed by atoms with Crippen LogP contribution in [-0.2, 0) is 50.7 Å². The Hall–Kier alpha value is -6.55. The number of rotatable bonds is 11. The average molecular weight is 864 g/mol. The summed E-state index contributed by atoms with van der Waals surface area (Å²) in [6.07, 6.45) is 4.23. The molecule has 3 atom stereocenters. The first-order valence-electron chi connectivity index (χ1n) is 21.3. The topological polar surface area (TPSA) is 207 Å². The molecule has 332 valence electrons. The summed E-state index contributed by atoms with van der Waals surface area (Å²) in [5, 5.41) is 24.4. The van der Waals surface area contributed by atoms with Gasteiger partial charge in [-0.2, -0.15) is 0 Å². The van der Waals surface area contributed by atoms with Crippen molar-refractivity contribution in [3.8, 4) is 17.1 Å². The second-order valence-electron chi connectivity index (χ2n) is 16.8. The van der Waals surface area contributed by atoms with Crippen LogP contribution in [0.3, 0.4) is 0 Å². The van der Waals surface area contributed by atoms with Crippen molar-refractivity contribution >= 4 is 46.6 Å². The minimum Gasteiger partial charge on any atom is -0.481 e. The number of Topliss-reactive ketones (excluding diaryl/α,β-unsaturated/α-hetero) is 1. The second kappa shape index (κ2) is 18.0. The molecule has 0 unspecified atom stereocenters. The number of ether oxygens (including phenoxy) is 3. The Bertz CT molecular complexity index is 2570. The molecule has 3 amide bonds. The van der Waals surface area contributed by atoms with Crippen LogP contribution in [0.15, 0.2) is 65.5 Å². The molecule has 16 heteroatoms. The highest BCUT2D eigenvalue weighted by molar-refractivity contribution is 5.92. The van der Waals surface area contributed by atoms with Crippen LogP contribution in [0.4, 0.5) is 20.1 Å². The SMILES string of the molecule is CCc1c2c(nc3ccc(OC(=O)N(C)CCN(C)C(=O)OCc4ccc(NC(=O)O[C@H]5/C=C/CC[C@@](C)(C(=O)O)CC5)cc4)cc13)-c1cc3c(c(=O)n1C2)CCC(=O)[C@]3(O)CC. The van der Waals surface area contributed by atoms with Crippen molar-refractivity contribution in [2.75, 3.05) is 32.5 Å². The number of pyridine rings is 2. The van der Waals surface area contributed by atoms with Crippen LogP contribution in [0.2, 0.25) is 0 Å². The van der Waals surface area contributed by atoms with E-state index in [1.165, 1.54) is 9.80 Å². The molecule has 0 saturated heterocycles. The Labute approximate surface area is 364 Å². The third-order valence-corrected chi connectivity index (χ3v) is 12.6. The summed E-state index contributed by atoms with van der Waals surface area (Å²) < 4.78 is 18.4. The van der Waals surface area contributed by atoms with Gasteiger partial charge < -0.3 is 38.8 Å². The molecule has 2 aromatic heterocycles. The molecular formula is C47H53N5O11. The van der Waals surface area contributed by atoms with Gasteiger partial charge in [0.2, 0.25) is 0 Å². The van der Waals surface area contributed by atoms with E-state index in [-0.39, 0.29) is 50.3 Å². The zero-order chi connectivity index (χ0) is 45.2. The number of anilines is 1. The molecule has 3 aliphatic rings. The van der Waals surface area contributed by atoms with Gasteiger partial charge in [0.05, 0.1) is 28.9 Å². The Morgan fingerprint density at radius 1 is 0.952 bits per heavy atom. The number of aryl methyl sites for hydroxylation is 1. The number of aromatic nitrogens is 2. The summed E-state index contributed by atoms with van der Waals surface area (Å²) >= 11 is 0. The maximum Gasteiger partial charge on any atom is 0.415 e. The Morgan fingerprint density at radius 2 is 1.68 bits per heavy atom. The number of allylic oxidation sites excluding steroid dienone is 1. The number of aliphatic hydroxyl groups is 1. The average Bonchev–Trinajstić information content (AvgIpc) is 3.63. The summed E-state index contributed by atoms with van der Waals surface area (Å²) in [5.74, 6) is -0.847. The summed E-state index contributed by atoms with van der Waals surface area (Å²) in [4.78, 5) is 84.4. The number of carbonyl (C=O) groups is 5. The number of nitrogens with zero attached hydrogens (tertiary/aromatic N) is 4. The summed E-state index contributed by atoms with van der Waals surface area (Å²) in [5.41, 5.74) is 2.82. The van der Waals surface area contributed by atoms with Crippen LogP contribution >= 0.6 is 0 Å². The van der Waals surface area contributed by atoms with E-state index in [2.05, 4.69) is 5.32 Å². The third kappa shape index (κ3) is 9.03. The fourth-order valence-corrected chi connectivity index (χ4v) is 8.52. The van der Waals surface area contributed by atoms with Crippen molar-refractivity contribution in [1.29, 1.82) is 0 Å². The lowest BCUT2D eigenvalue weighted by molar-refractivity contribution is -0.149. The molecule has 2 aliphatic carbocycles. The number of ketones is 1. The fourth-order valence-electron chi connectivity index (χ4n) is 8.52. The normalized spacial score (nSPS) is 20.6. The molecule has 0 bridgehead atoms. The van der Waals surface area contributed by atoms with Crippen LogP contribution in [0.25, 0.3) is 22.3 Å². The number of nitrogens with one attached hydrogen (secondary N) is 1. The first kappa shape index (κ1) is 44.5. The lowest BCUT2D eigenvalue weighted by Crippen LogP contribution is -2.43. The molecule has 4 aromatic rings. The lowest BCUT2D eigenvalue weighted by atomic mass is 9.77. The van der Waals surface area contributed by atoms with Crippen molar-refractivity contribution in [1.82, 2.24) is 19.4 Å². The van der Waals surface area contributed by atoms with Gasteiger partial charge in [-0.25, -0.2) is 19.4 Å². The number of hydrogen-bond acceptors (Lipinski definition) is 11. The summed E-state index contributed by atoms with van der Waals surface area (Å²) in [6.45, 7) is 6.01. The Kier molecular flexibility index (Phi) is 12.7. The van der Waals surface area contributed by atoms with E-state index in [9.17, 15) is 39.0 Å². The van der Waals surface area contributed by atoms with Crippen LogP contribution in [-0.4, -0.2) is 92.9 Å². The smallest absolute Gasteiger partial charge is 0.415 e. The van der Waals surface area contributed by atoms with E-state index in [1.54, 1.807) is 87.1 Å². The first-order valence-corrected chi connectivity index (χ1v) is 21.3. The van der Waals surface area contributed by atoms with E-state index >= 15 is 0 Å². The van der Waals surface area contributed by atoms with Gasteiger partial charge in [-0.05, 0) is 105 Å². The number of likely N-dealkylation sites (N-methyl/N-ethyl adjacent to an activating group) is 2. The molecular weight excluding hydrogens is 811 g/mol. The minimum absolute atomic E-state index is 0.0328. The molecule has 0 spiro atoms. The third-order valence-electron chi connectivity index (χ3n) is 12.6. The standard InChI is InChI=1S/C47H53N5O11/c1-6-32-34-24-31(15-17-37(34)49-40-35(32)26-52-38(40)25-36-33(41(52)54)16-18-39(53)47(36,60)7-2)63-45(59)51(5)23-22-50(4)44(58)61-27-28-11-13-29(14-12-28)48-43(57)62-30-10-8-9-20-46(3,21-19-30)42(55)56/h8,10-15,17,24-25,30,60H,6-7,9,16,18-23,26-27H2,1-5H3,(H,48,57)(H,55,56)/b10-8+/t30-,46+,47-/m0/s1. The van der Waals surface area contributed by atoms with Gasteiger partial charge in [0.15, 0.2) is 5.78 Å². The van der Waals surface area contributed by atoms with E-state index in [1.807, 2.05) is 13.0 Å². The number of carboxylic acids is 1. The predicted octanol–water partition coefficient (Wildman–Crippen LogP) is 6.94. The number of carbonyl (C=O) groups excluding carboxylic acids is 4. The number of hydrogen-bond donors (Lipinski definition) is 3. The highest BCUT2D eigenvalue weighted by Gasteiger charge is 2.43. The maximum atomic E-state index is 13.8. The van der Waals surface area contributed by atoms with Crippen LogP contribution < -0.4 is 15.6 Å². The Morgan fingerprint density at radius 3 is 2.38 bits per heavy atom. The van der Waals surface area contributed by atoms with Crippen molar-refractivity contribution in [3.05, 3.63) is 98.9 Å². The Balaban J connectivity index is 0.903. The molecule has 3 heterocycles. The lowest BCUT2D eigenvalue weighted by Gasteiger charge is -2.32. The zero-order valence-electron chi connectivity index (χ0n) is 36.2. The molecule has 7 rings (SSSR count). The first-order chi connectivity index (χ1) is 30.0. The van der Waals surface area contributed by atoms with Gasteiger partial charge in [-0.15, -0.1) is 0 Å². The molecule has 63 heavy (non-hydrogen) atoms. The monoisotopic (exact) mass is 863 g/mol. The van der Waals surface area contributed by atoms with Gasteiger partial charge >= 0.3 is 24.2 Å². The number of amides is 3. The molecule has 0 fully saturated rings. The second-order valence-corrected chi connectivity index (χ2v) is 16.8. The van der Waals surface area contributed by atoms with Crippen molar-refractivity contribution < 1.29 is 48.4 Å². The number of fused-ring (bicyclic) bond motifs is 5. The van der Waals surface area contributed by atoms with E-state index in [0.717, 1.165) is 16.5 Å². The van der Waals surface area contributed by atoms with Gasteiger partial charge in [0.25, 0.3) is 5.56 Å². The summed E-state index contributed by atoms with van der Waals surface area (Å²) in [6, 6.07) is 13.6. The van der Waals surface area contributed by atoms with Gasteiger partial charge in [0.1, 0.15) is 24.1 Å². The number of carboxylic acid groups (broad SMARTS) is 1. The predicted molar refractivity (Wildman–Crippen MR) is 233 cm³/mol. The summed E-state index contributed by atoms with van der Waals surface area (Å²) in [7, 11) is 3.12. The number of aliphatic carboxylic acids is 1. The molecule has 1 aliphatic heterocycles. The van der Waals surface area contributed by atoms with Crippen LogP contribution in [0.5, 0.6) is 5.75 Å². The molecule has 0 radical (unpaired) electrons. The largest absolute Gasteiger partial charge is 0.481 e. The maximum absolute atomic E-state index is 13.8. The van der Waals surface area contributed by atoms with E-state index in [0.29, 0.717) is 83.7 Å². The van der Waals surface area contributed by atoms with Crippen molar-refractivity contribution in [2.24, 2.45) is 5.41 Å². The van der Waals surface area contributed by atoms with E-state index in [4.69, 9.17) is 19.2 Å². The van der Waals surface area contributed by atoms with Gasteiger partial charge in [-0.1, -0.05) is 32.1 Å². The highest BCUT2D eigenvalue weighted by atomic mass is 16.6. The highest BCUT2D eigenvalue weighted by Crippen LogP contribution is 2.41. The zero-order valence-corrected chi connectivity index (χ0v) is 36.2. The minimum atomic E-state index is -1.71. The van der Waals surface area contributed by atoms with Gasteiger partial charge in [-0.3, -0.25) is 19.7 Å². The fraction of sp³-hybridized carbons (Fsp3) is 0.426. The molecule has 0 saturated carbocycles. The quantitative estimate of drug-likeness (QED) is 0.116. The van der Waals surface area contributed by atoms with E-state index < -0.39 is 41.4 Å². The van der Waals surface area contributed by atoms with Crippen molar-refractivity contribution in [3.63, 3.8) is 0 Å². The number of benzene rings is 2. The van der Waals surface area contributed by atoms with Crippen LogP contribution in [0, 0.1) is 5.41 Å². The molecule has 2 aromatic carbocycles.